The molecule has 0 spiro atoms. The lowest BCUT2D eigenvalue weighted by Crippen LogP contribution is -2.40. The van der Waals surface area contributed by atoms with E-state index < -0.39 is 0 Å². The molecule has 1 fully saturated rings. The van der Waals surface area contributed by atoms with E-state index in [9.17, 15) is 9.59 Å². The lowest BCUT2D eigenvalue weighted by molar-refractivity contribution is -0.137. The lowest BCUT2D eigenvalue weighted by Gasteiger charge is -2.31. The van der Waals surface area contributed by atoms with Gasteiger partial charge in [-0.25, -0.2) is 0 Å². The second kappa shape index (κ2) is 8.29. The maximum atomic E-state index is 12.8. The van der Waals surface area contributed by atoms with Crippen molar-refractivity contribution in [2.24, 2.45) is 11.7 Å². The fourth-order valence-corrected chi connectivity index (χ4v) is 3.29. The van der Waals surface area contributed by atoms with Gasteiger partial charge in [-0.3, -0.25) is 9.59 Å². The van der Waals surface area contributed by atoms with Crippen LogP contribution in [0, 0.1) is 5.92 Å². The van der Waals surface area contributed by atoms with E-state index in [4.69, 9.17) is 5.73 Å². The van der Waals surface area contributed by atoms with Crippen molar-refractivity contribution in [3.8, 4) is 0 Å². The normalized spacial score (nSPS) is 20.5. The van der Waals surface area contributed by atoms with Crippen molar-refractivity contribution in [2.75, 3.05) is 20.6 Å². The second-order valence-electron chi connectivity index (χ2n) is 6.87. The van der Waals surface area contributed by atoms with Crippen LogP contribution in [0.25, 0.3) is 0 Å². The summed E-state index contributed by atoms with van der Waals surface area (Å²) in [5, 5.41) is 0. The largest absolute Gasteiger partial charge is 0.345 e. The van der Waals surface area contributed by atoms with Crippen molar-refractivity contribution >= 4 is 11.8 Å². The third-order valence-electron chi connectivity index (χ3n) is 4.74. The van der Waals surface area contributed by atoms with Gasteiger partial charge >= 0.3 is 0 Å². The minimum Gasteiger partial charge on any atom is -0.345 e. The van der Waals surface area contributed by atoms with E-state index >= 15 is 0 Å². The predicted octanol–water partition coefficient (Wildman–Crippen LogP) is 2.25. The quantitative estimate of drug-likeness (QED) is 0.900. The number of amides is 2. The number of carbonyl (C=O) groups is 2. The number of benzene rings is 1. The first-order chi connectivity index (χ1) is 11.4. The highest BCUT2D eigenvalue weighted by molar-refractivity contribution is 5.93. The standard InChI is InChI=1S/C19H29N3O2/c1-4-22(19(24)16-6-5-7-17(20)12-16)13-14-8-10-15(11-9-14)18(23)21(2)3/h8-11,16-17H,4-7,12-13,20H2,1-3H3. The van der Waals surface area contributed by atoms with Crippen LogP contribution in [0.4, 0.5) is 0 Å². The average Bonchev–Trinajstić information content (AvgIpc) is 2.59. The molecule has 24 heavy (non-hydrogen) atoms. The van der Waals surface area contributed by atoms with E-state index in [1.165, 1.54) is 0 Å². The number of hydrogen-bond donors (Lipinski definition) is 1. The van der Waals surface area contributed by atoms with Gasteiger partial charge in [0.15, 0.2) is 0 Å². The van der Waals surface area contributed by atoms with E-state index in [0.717, 1.165) is 31.2 Å². The molecule has 2 atom stereocenters. The molecule has 1 aromatic carbocycles. The van der Waals surface area contributed by atoms with Crippen LogP contribution < -0.4 is 5.73 Å². The van der Waals surface area contributed by atoms with Gasteiger partial charge in [0.1, 0.15) is 0 Å². The second-order valence-corrected chi connectivity index (χ2v) is 6.87. The Morgan fingerprint density at radius 3 is 2.38 bits per heavy atom. The Kier molecular flexibility index (Phi) is 6.37. The Hall–Kier alpha value is -1.88. The van der Waals surface area contributed by atoms with E-state index in [1.807, 2.05) is 36.1 Å². The van der Waals surface area contributed by atoms with Crippen molar-refractivity contribution in [1.29, 1.82) is 0 Å². The van der Waals surface area contributed by atoms with Crippen LogP contribution in [-0.4, -0.2) is 48.3 Å². The SMILES string of the molecule is CCN(Cc1ccc(C(=O)N(C)C)cc1)C(=O)C1CCCC(N)C1. The van der Waals surface area contributed by atoms with Gasteiger partial charge in [-0.1, -0.05) is 18.6 Å². The Bertz CT molecular complexity index is 568. The first kappa shape index (κ1) is 18.5. The van der Waals surface area contributed by atoms with Crippen LogP contribution in [0.2, 0.25) is 0 Å². The first-order valence-corrected chi connectivity index (χ1v) is 8.77. The number of carbonyl (C=O) groups excluding carboxylic acids is 2. The zero-order chi connectivity index (χ0) is 17.7. The highest BCUT2D eigenvalue weighted by atomic mass is 16.2. The zero-order valence-corrected chi connectivity index (χ0v) is 15.0. The molecular formula is C19H29N3O2. The molecule has 132 valence electrons. The van der Waals surface area contributed by atoms with Crippen molar-refractivity contribution < 1.29 is 9.59 Å². The molecule has 2 unspecified atom stereocenters. The number of nitrogens with zero attached hydrogens (tertiary/aromatic N) is 2. The zero-order valence-electron chi connectivity index (χ0n) is 15.0. The number of hydrogen-bond acceptors (Lipinski definition) is 3. The summed E-state index contributed by atoms with van der Waals surface area (Å²) in [5.74, 6) is 0.255. The summed E-state index contributed by atoms with van der Waals surface area (Å²) in [6.45, 7) is 3.27. The lowest BCUT2D eigenvalue weighted by atomic mass is 9.85. The van der Waals surface area contributed by atoms with Crippen molar-refractivity contribution in [3.05, 3.63) is 35.4 Å². The summed E-state index contributed by atoms with van der Waals surface area (Å²) in [6, 6.07) is 7.67. The third-order valence-corrected chi connectivity index (χ3v) is 4.74. The predicted molar refractivity (Wildman–Crippen MR) is 95.5 cm³/mol. The van der Waals surface area contributed by atoms with Crippen molar-refractivity contribution in [3.63, 3.8) is 0 Å². The van der Waals surface area contributed by atoms with Crippen molar-refractivity contribution in [2.45, 2.75) is 45.2 Å². The molecule has 1 saturated carbocycles. The molecule has 2 amide bonds. The molecule has 0 radical (unpaired) electrons. The first-order valence-electron chi connectivity index (χ1n) is 8.77. The highest BCUT2D eigenvalue weighted by Gasteiger charge is 2.28. The van der Waals surface area contributed by atoms with Gasteiger partial charge in [0.05, 0.1) is 0 Å². The Morgan fingerprint density at radius 1 is 1.17 bits per heavy atom. The molecule has 5 nitrogen and oxygen atoms in total. The van der Waals surface area contributed by atoms with Crippen LogP contribution >= 0.6 is 0 Å². The van der Waals surface area contributed by atoms with Gasteiger partial charge in [-0.05, 0) is 43.9 Å². The smallest absolute Gasteiger partial charge is 0.253 e. The summed E-state index contributed by atoms with van der Waals surface area (Å²) in [6.07, 6.45) is 3.80. The summed E-state index contributed by atoms with van der Waals surface area (Å²) in [7, 11) is 3.48. The van der Waals surface area contributed by atoms with E-state index in [-0.39, 0.29) is 23.8 Å². The van der Waals surface area contributed by atoms with Crippen LogP contribution in [-0.2, 0) is 11.3 Å². The summed E-state index contributed by atoms with van der Waals surface area (Å²) in [4.78, 5) is 28.1. The molecule has 0 bridgehead atoms. The maximum Gasteiger partial charge on any atom is 0.253 e. The summed E-state index contributed by atoms with van der Waals surface area (Å²) < 4.78 is 0. The molecule has 0 aromatic heterocycles. The molecule has 1 aliphatic rings. The molecule has 2 N–H and O–H groups in total. The number of rotatable bonds is 5. The van der Waals surface area contributed by atoms with Gasteiger partial charge in [0.25, 0.3) is 5.91 Å². The van der Waals surface area contributed by atoms with E-state index in [1.54, 1.807) is 19.0 Å². The van der Waals surface area contributed by atoms with Crippen molar-refractivity contribution in [1.82, 2.24) is 9.80 Å². The highest BCUT2D eigenvalue weighted by Crippen LogP contribution is 2.25. The Labute approximate surface area is 144 Å². The summed E-state index contributed by atoms with van der Waals surface area (Å²) >= 11 is 0. The molecule has 5 heteroatoms. The maximum absolute atomic E-state index is 12.8. The topological polar surface area (TPSA) is 66.6 Å². The Balaban J connectivity index is 2.01. The molecule has 0 saturated heterocycles. The van der Waals surface area contributed by atoms with Crippen LogP contribution in [0.15, 0.2) is 24.3 Å². The average molecular weight is 331 g/mol. The fourth-order valence-electron chi connectivity index (χ4n) is 3.29. The molecule has 2 rings (SSSR count). The molecule has 0 aliphatic heterocycles. The van der Waals surface area contributed by atoms with Crippen LogP contribution in [0.5, 0.6) is 0 Å². The molecule has 1 aliphatic carbocycles. The minimum atomic E-state index is -0.0128. The monoisotopic (exact) mass is 331 g/mol. The van der Waals surface area contributed by atoms with Gasteiger partial charge in [-0.15, -0.1) is 0 Å². The summed E-state index contributed by atoms with van der Waals surface area (Å²) in [5.41, 5.74) is 7.73. The third kappa shape index (κ3) is 4.57. The van der Waals surface area contributed by atoms with Gasteiger partial charge in [0.2, 0.25) is 5.91 Å². The van der Waals surface area contributed by atoms with E-state index in [0.29, 0.717) is 18.7 Å². The minimum absolute atomic E-state index is 0.0128. The van der Waals surface area contributed by atoms with Crippen LogP contribution in [0.3, 0.4) is 0 Å². The molecular weight excluding hydrogens is 302 g/mol. The van der Waals surface area contributed by atoms with E-state index in [2.05, 4.69) is 0 Å². The molecule has 0 heterocycles. The van der Waals surface area contributed by atoms with Gasteiger partial charge in [0, 0.05) is 44.7 Å². The number of nitrogens with two attached hydrogens (primary N) is 1. The Morgan fingerprint density at radius 2 is 1.83 bits per heavy atom. The van der Waals surface area contributed by atoms with Gasteiger partial charge < -0.3 is 15.5 Å². The van der Waals surface area contributed by atoms with Gasteiger partial charge in [-0.2, -0.15) is 0 Å². The van der Waals surface area contributed by atoms with Crippen LogP contribution in [0.1, 0.15) is 48.5 Å². The molecule has 1 aromatic rings. The fraction of sp³-hybridized carbons (Fsp3) is 0.579.